The Morgan fingerprint density at radius 3 is 2.64 bits per heavy atom. The number of anilines is 2. The first-order valence-electron chi connectivity index (χ1n) is 8.29. The van der Waals surface area contributed by atoms with Crippen molar-refractivity contribution in [1.82, 2.24) is 14.6 Å². The van der Waals surface area contributed by atoms with Crippen molar-refractivity contribution in [3.63, 3.8) is 0 Å². The van der Waals surface area contributed by atoms with Crippen molar-refractivity contribution in [1.29, 1.82) is 0 Å². The summed E-state index contributed by atoms with van der Waals surface area (Å²) in [5, 5.41) is 14.2. The molecule has 1 fully saturated rings. The van der Waals surface area contributed by atoms with E-state index in [4.69, 9.17) is 0 Å². The summed E-state index contributed by atoms with van der Waals surface area (Å²) in [6.07, 6.45) is 5.44. The quantitative estimate of drug-likeness (QED) is 0.669. The van der Waals surface area contributed by atoms with E-state index in [2.05, 4.69) is 36.8 Å². The second-order valence-corrected chi connectivity index (χ2v) is 7.23. The van der Waals surface area contributed by atoms with E-state index in [9.17, 15) is 4.79 Å². The fraction of sp³-hybridized carbons (Fsp3) is 0.278. The Hall–Kier alpha value is -2.41. The van der Waals surface area contributed by atoms with Gasteiger partial charge in [0.15, 0.2) is 5.65 Å². The number of hydrogen-bond donors (Lipinski definition) is 2. The molecule has 1 aliphatic carbocycles. The Kier molecular flexibility index (Phi) is 4.17. The van der Waals surface area contributed by atoms with Gasteiger partial charge in [-0.05, 0) is 55.7 Å². The number of nitrogens with zero attached hydrogens (tertiary/aromatic N) is 3. The lowest BCUT2D eigenvalue weighted by atomic mass is 9.85. The Morgan fingerprint density at radius 2 is 1.92 bits per heavy atom. The minimum Gasteiger partial charge on any atom is -0.308 e. The lowest BCUT2D eigenvalue weighted by molar-refractivity contribution is 0.262. The van der Waals surface area contributed by atoms with Crippen LogP contribution >= 0.6 is 15.9 Å². The molecule has 1 aliphatic rings. The van der Waals surface area contributed by atoms with Crippen molar-refractivity contribution in [3.05, 3.63) is 52.4 Å². The van der Waals surface area contributed by atoms with Crippen LogP contribution < -0.4 is 10.6 Å². The first kappa shape index (κ1) is 16.1. The van der Waals surface area contributed by atoms with Gasteiger partial charge in [-0.1, -0.05) is 22.4 Å². The molecule has 4 rings (SSSR count). The van der Waals surface area contributed by atoms with Gasteiger partial charge in [-0.2, -0.15) is 0 Å². The van der Waals surface area contributed by atoms with E-state index in [0.717, 1.165) is 40.0 Å². The summed E-state index contributed by atoms with van der Waals surface area (Å²) in [5.74, 6) is 1.46. The maximum absolute atomic E-state index is 12.3. The Balaban J connectivity index is 1.51. The van der Waals surface area contributed by atoms with E-state index in [-0.39, 0.29) is 6.03 Å². The zero-order valence-corrected chi connectivity index (χ0v) is 15.4. The van der Waals surface area contributed by atoms with Gasteiger partial charge < -0.3 is 10.6 Å². The minimum absolute atomic E-state index is 0.278. The van der Waals surface area contributed by atoms with E-state index >= 15 is 0 Å². The fourth-order valence-electron chi connectivity index (χ4n) is 2.94. The normalized spacial score (nSPS) is 14.3. The minimum atomic E-state index is -0.278. The lowest BCUT2D eigenvalue weighted by Gasteiger charge is -2.23. The number of hydrogen-bond acceptors (Lipinski definition) is 3. The largest absolute Gasteiger partial charge is 0.323 e. The van der Waals surface area contributed by atoms with Crippen LogP contribution in [-0.2, 0) is 0 Å². The van der Waals surface area contributed by atoms with Crippen LogP contribution in [0.1, 0.15) is 36.6 Å². The summed E-state index contributed by atoms with van der Waals surface area (Å²) in [6.45, 7) is 1.98. The standard InChI is InChI=1S/C18H18BrN5O/c1-11-9-13(5-7-15(11)19)20-18(25)21-14-6-8-16-22-23-17(24(16)10-14)12-3-2-4-12/h5-10,12H,2-4H2,1H3,(H2,20,21,25). The first-order chi connectivity index (χ1) is 12.1. The number of urea groups is 1. The van der Waals surface area contributed by atoms with Gasteiger partial charge >= 0.3 is 6.03 Å². The van der Waals surface area contributed by atoms with Crippen molar-refractivity contribution < 1.29 is 4.79 Å². The van der Waals surface area contributed by atoms with E-state index in [0.29, 0.717) is 11.6 Å². The molecule has 0 radical (unpaired) electrons. The van der Waals surface area contributed by atoms with Gasteiger partial charge in [0.1, 0.15) is 5.82 Å². The predicted octanol–water partition coefficient (Wildman–Crippen LogP) is 4.71. The maximum Gasteiger partial charge on any atom is 0.323 e. The van der Waals surface area contributed by atoms with E-state index in [1.807, 2.05) is 47.9 Å². The molecule has 0 aliphatic heterocycles. The number of carbonyl (C=O) groups excluding carboxylic acids is 1. The molecule has 1 aromatic carbocycles. The van der Waals surface area contributed by atoms with Crippen molar-refractivity contribution in [2.45, 2.75) is 32.1 Å². The number of rotatable bonds is 3. The molecule has 0 atom stereocenters. The number of pyridine rings is 1. The summed E-state index contributed by atoms with van der Waals surface area (Å²) in [4.78, 5) is 12.3. The Labute approximate surface area is 153 Å². The van der Waals surface area contributed by atoms with Crippen LogP contribution in [0.2, 0.25) is 0 Å². The number of fused-ring (bicyclic) bond motifs is 1. The zero-order valence-electron chi connectivity index (χ0n) is 13.8. The van der Waals surface area contributed by atoms with E-state index in [1.165, 1.54) is 6.42 Å². The van der Waals surface area contributed by atoms with Gasteiger partial charge in [0.25, 0.3) is 0 Å². The monoisotopic (exact) mass is 399 g/mol. The van der Waals surface area contributed by atoms with Gasteiger partial charge in [0.2, 0.25) is 0 Å². The highest BCUT2D eigenvalue weighted by Gasteiger charge is 2.24. The summed E-state index contributed by atoms with van der Waals surface area (Å²) >= 11 is 3.45. The summed E-state index contributed by atoms with van der Waals surface area (Å²) in [6, 6.07) is 9.11. The van der Waals surface area contributed by atoms with Crippen molar-refractivity contribution in [2.75, 3.05) is 10.6 Å². The Morgan fingerprint density at radius 1 is 1.16 bits per heavy atom. The second kappa shape index (κ2) is 6.48. The average Bonchev–Trinajstić information content (AvgIpc) is 2.92. The summed E-state index contributed by atoms with van der Waals surface area (Å²) in [5.41, 5.74) is 3.32. The van der Waals surface area contributed by atoms with Crippen LogP contribution in [0.25, 0.3) is 5.65 Å². The molecular weight excluding hydrogens is 382 g/mol. The molecule has 128 valence electrons. The van der Waals surface area contributed by atoms with Crippen molar-refractivity contribution >= 4 is 39.0 Å². The van der Waals surface area contributed by atoms with Gasteiger partial charge in [0.05, 0.1) is 5.69 Å². The highest BCUT2D eigenvalue weighted by molar-refractivity contribution is 9.10. The average molecular weight is 400 g/mol. The van der Waals surface area contributed by atoms with Crippen LogP contribution in [0.15, 0.2) is 41.0 Å². The second-order valence-electron chi connectivity index (χ2n) is 6.38. The molecule has 6 nitrogen and oxygen atoms in total. The fourth-order valence-corrected chi connectivity index (χ4v) is 3.19. The maximum atomic E-state index is 12.3. The molecule has 1 saturated carbocycles. The molecule has 0 spiro atoms. The topological polar surface area (TPSA) is 71.3 Å². The smallest absolute Gasteiger partial charge is 0.308 e. The van der Waals surface area contributed by atoms with Crippen LogP contribution in [0.4, 0.5) is 16.2 Å². The number of halogens is 1. The number of aromatic nitrogens is 3. The van der Waals surface area contributed by atoms with Crippen LogP contribution in [0.5, 0.6) is 0 Å². The lowest BCUT2D eigenvalue weighted by Crippen LogP contribution is -2.20. The predicted molar refractivity (Wildman–Crippen MR) is 101 cm³/mol. The molecule has 25 heavy (non-hydrogen) atoms. The summed E-state index contributed by atoms with van der Waals surface area (Å²) in [7, 11) is 0. The zero-order chi connectivity index (χ0) is 17.4. The third kappa shape index (κ3) is 3.24. The number of aryl methyl sites for hydroxylation is 1. The molecule has 2 heterocycles. The SMILES string of the molecule is Cc1cc(NC(=O)Nc2ccc3nnc(C4CCC4)n3c2)ccc1Br. The van der Waals surface area contributed by atoms with Crippen LogP contribution in [0.3, 0.4) is 0 Å². The summed E-state index contributed by atoms with van der Waals surface area (Å²) < 4.78 is 2.99. The third-order valence-corrected chi connectivity index (χ3v) is 5.46. The third-order valence-electron chi connectivity index (χ3n) is 4.57. The molecule has 2 amide bonds. The molecule has 0 unspecified atom stereocenters. The number of benzene rings is 1. The highest BCUT2D eigenvalue weighted by Crippen LogP contribution is 2.35. The molecule has 0 bridgehead atoms. The highest BCUT2D eigenvalue weighted by atomic mass is 79.9. The van der Waals surface area contributed by atoms with Crippen molar-refractivity contribution in [2.24, 2.45) is 0 Å². The van der Waals surface area contributed by atoms with E-state index < -0.39 is 0 Å². The number of carbonyl (C=O) groups is 1. The van der Waals surface area contributed by atoms with E-state index in [1.54, 1.807) is 0 Å². The van der Waals surface area contributed by atoms with Gasteiger partial charge in [-0.25, -0.2) is 4.79 Å². The van der Waals surface area contributed by atoms with Crippen LogP contribution in [0, 0.1) is 6.92 Å². The van der Waals surface area contributed by atoms with Gasteiger partial charge in [-0.15, -0.1) is 10.2 Å². The van der Waals surface area contributed by atoms with Gasteiger partial charge in [-0.3, -0.25) is 4.40 Å². The Bertz CT molecular complexity index is 948. The molecule has 7 heteroatoms. The van der Waals surface area contributed by atoms with Crippen molar-refractivity contribution in [3.8, 4) is 0 Å². The molecular formula is C18H18BrN5O. The van der Waals surface area contributed by atoms with Crippen LogP contribution in [-0.4, -0.2) is 20.6 Å². The first-order valence-corrected chi connectivity index (χ1v) is 9.08. The molecule has 2 N–H and O–H groups in total. The molecule has 3 aromatic rings. The number of nitrogens with one attached hydrogen (secondary N) is 2. The molecule has 0 saturated heterocycles. The number of amides is 2. The molecule has 2 aromatic heterocycles. The van der Waals surface area contributed by atoms with Gasteiger partial charge in [0, 0.05) is 22.3 Å².